The zero-order chi connectivity index (χ0) is 11.2. The lowest BCUT2D eigenvalue weighted by atomic mass is 10.2. The number of hydrogen-bond donors (Lipinski definition) is 1. The highest BCUT2D eigenvalue weighted by molar-refractivity contribution is 7.16. The molecule has 1 N–H and O–H groups in total. The molecule has 82 valence electrons. The van der Waals surface area contributed by atoms with Gasteiger partial charge in [0.2, 0.25) is 0 Å². The van der Waals surface area contributed by atoms with Gasteiger partial charge in [-0.25, -0.2) is 9.50 Å². The third-order valence-electron chi connectivity index (χ3n) is 2.72. The Kier molecular flexibility index (Phi) is 1.64. The van der Waals surface area contributed by atoms with Crippen molar-refractivity contribution in [3.05, 3.63) is 36.1 Å². The number of rotatable bonds is 1. The monoisotopic (exact) mass is 241 g/mol. The predicted molar refractivity (Wildman–Crippen MR) is 66.0 cm³/mol. The first-order valence-electron chi connectivity index (χ1n) is 5.13. The molecule has 0 aliphatic heterocycles. The lowest BCUT2D eigenvalue weighted by Crippen LogP contribution is -1.91. The van der Waals surface area contributed by atoms with Gasteiger partial charge in [-0.2, -0.15) is 10.2 Å². The lowest BCUT2D eigenvalue weighted by molar-refractivity contribution is 0.939. The van der Waals surface area contributed by atoms with Crippen LogP contribution in [0, 0.1) is 0 Å². The highest BCUT2D eigenvalue weighted by Gasteiger charge is 2.09. The minimum absolute atomic E-state index is 0.842. The third-order valence-corrected chi connectivity index (χ3v) is 3.53. The maximum atomic E-state index is 4.34. The van der Waals surface area contributed by atoms with Gasteiger partial charge in [0.1, 0.15) is 4.83 Å². The number of nitrogens with zero attached hydrogens (tertiary/aromatic N) is 4. The standard InChI is InChI=1S/C11H7N5S/c1-3-13-16-6-7(5-12-9(1)16)10-8-2-4-17-11(8)15-14-10/h1-6H,(H,14,15). The minimum atomic E-state index is 0.842. The summed E-state index contributed by atoms with van der Waals surface area (Å²) in [6, 6.07) is 3.93. The molecule has 17 heavy (non-hydrogen) atoms. The normalized spacial score (nSPS) is 11.5. The van der Waals surface area contributed by atoms with Crippen molar-refractivity contribution in [3.63, 3.8) is 0 Å². The van der Waals surface area contributed by atoms with Crippen LogP contribution in [0.3, 0.4) is 0 Å². The molecule has 0 spiro atoms. The molecule has 0 aliphatic carbocycles. The van der Waals surface area contributed by atoms with E-state index in [1.54, 1.807) is 22.0 Å². The van der Waals surface area contributed by atoms with E-state index in [0.29, 0.717) is 0 Å². The van der Waals surface area contributed by atoms with Crippen molar-refractivity contribution >= 4 is 27.2 Å². The number of thiophene rings is 1. The van der Waals surface area contributed by atoms with Gasteiger partial charge >= 0.3 is 0 Å². The van der Waals surface area contributed by atoms with Gasteiger partial charge in [-0.05, 0) is 11.4 Å². The molecule has 0 fully saturated rings. The Morgan fingerprint density at radius 3 is 3.29 bits per heavy atom. The summed E-state index contributed by atoms with van der Waals surface area (Å²) in [7, 11) is 0. The lowest BCUT2D eigenvalue weighted by Gasteiger charge is -1.98. The summed E-state index contributed by atoms with van der Waals surface area (Å²) in [6.45, 7) is 0. The fraction of sp³-hybridized carbons (Fsp3) is 0. The molecular formula is C11H7N5S. The molecular weight excluding hydrogens is 234 g/mol. The van der Waals surface area contributed by atoms with Crippen molar-refractivity contribution in [1.29, 1.82) is 0 Å². The molecule has 0 saturated carbocycles. The molecule has 0 aromatic carbocycles. The minimum Gasteiger partial charge on any atom is -0.276 e. The van der Waals surface area contributed by atoms with Crippen LogP contribution in [0.5, 0.6) is 0 Å². The van der Waals surface area contributed by atoms with Crippen molar-refractivity contribution in [2.45, 2.75) is 0 Å². The average molecular weight is 241 g/mol. The van der Waals surface area contributed by atoms with Gasteiger partial charge in [-0.1, -0.05) is 0 Å². The molecule has 0 saturated heterocycles. The van der Waals surface area contributed by atoms with E-state index >= 15 is 0 Å². The second-order valence-electron chi connectivity index (χ2n) is 3.71. The highest BCUT2D eigenvalue weighted by atomic mass is 32.1. The first-order valence-corrected chi connectivity index (χ1v) is 6.01. The number of H-pyrrole nitrogens is 1. The Morgan fingerprint density at radius 2 is 2.29 bits per heavy atom. The summed E-state index contributed by atoms with van der Waals surface area (Å²) >= 11 is 1.62. The zero-order valence-corrected chi connectivity index (χ0v) is 9.48. The SMILES string of the molecule is c1cc2ncc(-c3[nH]nc4sccc34)cn2n1. The van der Waals surface area contributed by atoms with E-state index in [2.05, 4.69) is 26.3 Å². The maximum absolute atomic E-state index is 4.34. The van der Waals surface area contributed by atoms with Gasteiger partial charge in [0.15, 0.2) is 5.65 Å². The van der Waals surface area contributed by atoms with E-state index in [1.165, 1.54) is 0 Å². The largest absolute Gasteiger partial charge is 0.276 e. The van der Waals surface area contributed by atoms with Crippen LogP contribution in [-0.2, 0) is 0 Å². The Hall–Kier alpha value is -2.21. The molecule has 4 rings (SSSR count). The number of aromatic nitrogens is 5. The van der Waals surface area contributed by atoms with E-state index in [-0.39, 0.29) is 0 Å². The van der Waals surface area contributed by atoms with Crippen molar-refractivity contribution in [2.75, 3.05) is 0 Å². The van der Waals surface area contributed by atoms with E-state index in [4.69, 9.17) is 0 Å². The van der Waals surface area contributed by atoms with Crippen molar-refractivity contribution in [1.82, 2.24) is 24.8 Å². The molecule has 4 aromatic heterocycles. The second-order valence-corrected chi connectivity index (χ2v) is 4.61. The van der Waals surface area contributed by atoms with Crippen LogP contribution in [0.4, 0.5) is 0 Å². The van der Waals surface area contributed by atoms with Gasteiger partial charge in [-0.3, -0.25) is 5.10 Å². The smallest absolute Gasteiger partial charge is 0.154 e. The fourth-order valence-electron chi connectivity index (χ4n) is 1.90. The maximum Gasteiger partial charge on any atom is 0.154 e. The van der Waals surface area contributed by atoms with E-state index in [1.807, 2.05) is 23.8 Å². The van der Waals surface area contributed by atoms with E-state index in [9.17, 15) is 0 Å². The van der Waals surface area contributed by atoms with E-state index < -0.39 is 0 Å². The molecule has 0 radical (unpaired) electrons. The molecule has 4 aromatic rings. The van der Waals surface area contributed by atoms with Crippen molar-refractivity contribution < 1.29 is 0 Å². The summed E-state index contributed by atoms with van der Waals surface area (Å²) in [5, 5.41) is 14.6. The third kappa shape index (κ3) is 1.21. The van der Waals surface area contributed by atoms with Crippen molar-refractivity contribution in [2.24, 2.45) is 0 Å². The summed E-state index contributed by atoms with van der Waals surface area (Å²) in [5.41, 5.74) is 2.82. The predicted octanol–water partition coefficient (Wildman–Crippen LogP) is 2.33. The van der Waals surface area contributed by atoms with Crippen LogP contribution in [0.1, 0.15) is 0 Å². The molecule has 6 heteroatoms. The Morgan fingerprint density at radius 1 is 1.29 bits per heavy atom. The summed E-state index contributed by atoms with van der Waals surface area (Å²) in [6.07, 6.45) is 5.52. The van der Waals surface area contributed by atoms with Gasteiger partial charge in [0.25, 0.3) is 0 Å². The van der Waals surface area contributed by atoms with Crippen LogP contribution in [0.25, 0.3) is 27.1 Å². The van der Waals surface area contributed by atoms with Crippen LogP contribution in [0.15, 0.2) is 36.1 Å². The highest BCUT2D eigenvalue weighted by Crippen LogP contribution is 2.28. The Balaban J connectivity index is 2.01. The van der Waals surface area contributed by atoms with E-state index in [0.717, 1.165) is 27.1 Å². The number of aromatic amines is 1. The summed E-state index contributed by atoms with van der Waals surface area (Å²) < 4.78 is 1.76. The van der Waals surface area contributed by atoms with Gasteiger partial charge in [0.05, 0.1) is 11.9 Å². The molecule has 0 atom stereocenters. The Labute approximate surface area is 99.7 Å². The van der Waals surface area contributed by atoms with Crippen LogP contribution in [0.2, 0.25) is 0 Å². The molecule has 0 bridgehead atoms. The van der Waals surface area contributed by atoms with Crippen LogP contribution in [-0.4, -0.2) is 24.8 Å². The number of fused-ring (bicyclic) bond motifs is 2. The van der Waals surface area contributed by atoms with Gasteiger partial charge < -0.3 is 0 Å². The molecule has 0 unspecified atom stereocenters. The zero-order valence-electron chi connectivity index (χ0n) is 8.66. The molecule has 0 aliphatic rings. The van der Waals surface area contributed by atoms with Gasteiger partial charge in [0, 0.05) is 29.4 Å². The van der Waals surface area contributed by atoms with Crippen molar-refractivity contribution in [3.8, 4) is 11.3 Å². The molecule has 5 nitrogen and oxygen atoms in total. The topological polar surface area (TPSA) is 58.9 Å². The second kappa shape index (κ2) is 3.14. The quantitative estimate of drug-likeness (QED) is 0.556. The Bertz CT molecular complexity index is 809. The van der Waals surface area contributed by atoms with Crippen LogP contribution >= 0.6 is 11.3 Å². The van der Waals surface area contributed by atoms with Gasteiger partial charge in [-0.15, -0.1) is 11.3 Å². The molecule has 0 amide bonds. The first kappa shape index (κ1) is 8.89. The molecule has 4 heterocycles. The first-order chi connectivity index (χ1) is 8.42. The number of nitrogens with one attached hydrogen (secondary N) is 1. The summed E-state index contributed by atoms with van der Waals surface area (Å²) in [5.74, 6) is 0. The number of hydrogen-bond acceptors (Lipinski definition) is 4. The van der Waals surface area contributed by atoms with Crippen LogP contribution < -0.4 is 0 Å². The summed E-state index contributed by atoms with van der Waals surface area (Å²) in [4.78, 5) is 5.36. The fourth-order valence-corrected chi connectivity index (χ4v) is 2.63. The average Bonchev–Trinajstić information content (AvgIpc) is 3.03.